The van der Waals surface area contributed by atoms with Crippen molar-refractivity contribution in [2.24, 2.45) is 0 Å². The van der Waals surface area contributed by atoms with Crippen LogP contribution in [0.3, 0.4) is 0 Å². The molecule has 1 heterocycles. The summed E-state index contributed by atoms with van der Waals surface area (Å²) in [6, 6.07) is 2.96. The molecular formula is C12H19N3O4. The van der Waals surface area contributed by atoms with Gasteiger partial charge in [-0.25, -0.2) is 0 Å². The summed E-state index contributed by atoms with van der Waals surface area (Å²) in [5.41, 5.74) is -0.148. The summed E-state index contributed by atoms with van der Waals surface area (Å²) in [5, 5.41) is 14.0. The molecule has 7 heteroatoms. The van der Waals surface area contributed by atoms with Gasteiger partial charge in [-0.3, -0.25) is 10.1 Å². The van der Waals surface area contributed by atoms with E-state index in [2.05, 4.69) is 10.3 Å². The van der Waals surface area contributed by atoms with Crippen molar-refractivity contribution in [1.29, 1.82) is 0 Å². The Morgan fingerprint density at radius 1 is 1.53 bits per heavy atom. The minimum atomic E-state index is -0.508. The highest BCUT2D eigenvalue weighted by atomic mass is 16.6. The molecule has 0 radical (unpaired) electrons. The van der Waals surface area contributed by atoms with E-state index in [1.165, 1.54) is 6.07 Å². The zero-order chi connectivity index (χ0) is 14.3. The Morgan fingerprint density at radius 3 is 2.84 bits per heavy atom. The predicted octanol–water partition coefficient (Wildman–Crippen LogP) is 2.23. The number of ether oxygens (including phenoxy) is 2. The van der Waals surface area contributed by atoms with E-state index in [-0.39, 0.29) is 17.7 Å². The standard InChI is InChI=1S/C12H19N3O4/c1-4-7-13-11-6-5-10(15(16)17)12(14-11)19-9(2)8-18-3/h5-6,9H,4,7-8H2,1-3H3,(H,13,14). The van der Waals surface area contributed by atoms with Crippen LogP contribution in [0.25, 0.3) is 0 Å². The molecule has 106 valence electrons. The van der Waals surface area contributed by atoms with Crippen LogP contribution in [-0.4, -0.2) is 36.3 Å². The average Bonchev–Trinajstić information content (AvgIpc) is 2.36. The Labute approximate surface area is 112 Å². The summed E-state index contributed by atoms with van der Waals surface area (Å²) in [7, 11) is 1.54. The van der Waals surface area contributed by atoms with Crippen LogP contribution in [0.5, 0.6) is 5.88 Å². The molecule has 0 saturated heterocycles. The molecule has 19 heavy (non-hydrogen) atoms. The molecule has 1 rings (SSSR count). The van der Waals surface area contributed by atoms with Gasteiger partial charge in [0.2, 0.25) is 0 Å². The van der Waals surface area contributed by atoms with Gasteiger partial charge < -0.3 is 14.8 Å². The summed E-state index contributed by atoms with van der Waals surface area (Å²) in [6.45, 7) is 4.88. The molecule has 0 aromatic carbocycles. The van der Waals surface area contributed by atoms with Crippen LogP contribution < -0.4 is 10.1 Å². The number of nitro groups is 1. The first-order valence-corrected chi connectivity index (χ1v) is 6.13. The van der Waals surface area contributed by atoms with Crippen molar-refractivity contribution in [3.8, 4) is 5.88 Å². The molecule has 1 unspecified atom stereocenters. The number of nitrogens with one attached hydrogen (secondary N) is 1. The Balaban J connectivity index is 2.91. The molecule has 0 spiro atoms. The lowest BCUT2D eigenvalue weighted by atomic mass is 10.3. The van der Waals surface area contributed by atoms with Gasteiger partial charge in [-0.05, 0) is 19.4 Å². The van der Waals surface area contributed by atoms with Gasteiger partial charge in [0, 0.05) is 19.7 Å². The molecule has 1 aromatic rings. The number of rotatable bonds is 8. The number of aromatic nitrogens is 1. The second-order valence-corrected chi connectivity index (χ2v) is 4.09. The van der Waals surface area contributed by atoms with Gasteiger partial charge in [-0.15, -0.1) is 0 Å². The Morgan fingerprint density at radius 2 is 2.26 bits per heavy atom. The van der Waals surface area contributed by atoms with E-state index in [0.29, 0.717) is 12.4 Å². The van der Waals surface area contributed by atoms with Crippen molar-refractivity contribution < 1.29 is 14.4 Å². The fourth-order valence-electron chi connectivity index (χ4n) is 1.47. The third-order valence-electron chi connectivity index (χ3n) is 2.31. The summed E-state index contributed by atoms with van der Waals surface area (Å²) in [5.74, 6) is 0.572. The predicted molar refractivity (Wildman–Crippen MR) is 71.6 cm³/mol. The molecule has 0 aliphatic rings. The lowest BCUT2D eigenvalue weighted by molar-refractivity contribution is -0.386. The molecule has 7 nitrogen and oxygen atoms in total. The van der Waals surface area contributed by atoms with Crippen LogP contribution in [0, 0.1) is 10.1 Å². The summed E-state index contributed by atoms with van der Waals surface area (Å²) >= 11 is 0. The summed E-state index contributed by atoms with van der Waals surface area (Å²) in [4.78, 5) is 14.5. The van der Waals surface area contributed by atoms with E-state index in [4.69, 9.17) is 9.47 Å². The van der Waals surface area contributed by atoms with Gasteiger partial charge in [0.25, 0.3) is 5.88 Å². The Kier molecular flexibility index (Phi) is 6.01. The SMILES string of the molecule is CCCNc1ccc([N+](=O)[O-])c(OC(C)COC)n1. The van der Waals surface area contributed by atoms with Gasteiger partial charge >= 0.3 is 5.69 Å². The maximum absolute atomic E-state index is 10.9. The third kappa shape index (κ3) is 4.70. The topological polar surface area (TPSA) is 86.5 Å². The fourth-order valence-corrected chi connectivity index (χ4v) is 1.47. The highest BCUT2D eigenvalue weighted by Gasteiger charge is 2.19. The van der Waals surface area contributed by atoms with E-state index >= 15 is 0 Å². The van der Waals surface area contributed by atoms with E-state index in [1.54, 1.807) is 20.1 Å². The van der Waals surface area contributed by atoms with E-state index in [1.807, 2.05) is 6.92 Å². The Hall–Kier alpha value is -1.89. The van der Waals surface area contributed by atoms with Crippen molar-refractivity contribution in [3.05, 3.63) is 22.2 Å². The minimum absolute atomic E-state index is 0.00986. The highest BCUT2D eigenvalue weighted by Crippen LogP contribution is 2.27. The lowest BCUT2D eigenvalue weighted by Gasteiger charge is -2.13. The van der Waals surface area contributed by atoms with Gasteiger partial charge in [0.05, 0.1) is 11.5 Å². The van der Waals surface area contributed by atoms with E-state index < -0.39 is 4.92 Å². The largest absolute Gasteiger partial charge is 0.467 e. The van der Waals surface area contributed by atoms with Crippen LogP contribution in [-0.2, 0) is 4.74 Å². The Bertz CT molecular complexity index is 425. The second-order valence-electron chi connectivity index (χ2n) is 4.09. The number of anilines is 1. The highest BCUT2D eigenvalue weighted by molar-refractivity contribution is 5.49. The molecule has 1 atom stereocenters. The molecule has 0 saturated carbocycles. The van der Waals surface area contributed by atoms with Crippen molar-refractivity contribution in [2.45, 2.75) is 26.4 Å². The van der Waals surface area contributed by atoms with Gasteiger partial charge in [-0.2, -0.15) is 4.98 Å². The molecule has 0 fully saturated rings. The molecule has 0 aliphatic heterocycles. The normalized spacial score (nSPS) is 11.9. The maximum Gasteiger partial charge on any atom is 0.331 e. The summed E-state index contributed by atoms with van der Waals surface area (Å²) in [6.07, 6.45) is 0.632. The lowest BCUT2D eigenvalue weighted by Crippen LogP contribution is -2.19. The monoisotopic (exact) mass is 269 g/mol. The van der Waals surface area contributed by atoms with E-state index in [0.717, 1.165) is 13.0 Å². The molecular weight excluding hydrogens is 250 g/mol. The summed E-state index contributed by atoms with van der Waals surface area (Å²) < 4.78 is 10.4. The molecule has 1 aromatic heterocycles. The van der Waals surface area contributed by atoms with Gasteiger partial charge in [0.15, 0.2) is 0 Å². The van der Waals surface area contributed by atoms with Crippen molar-refractivity contribution in [3.63, 3.8) is 0 Å². The second kappa shape index (κ2) is 7.52. The van der Waals surface area contributed by atoms with Crippen LogP contribution in [0.1, 0.15) is 20.3 Å². The maximum atomic E-state index is 10.9. The third-order valence-corrected chi connectivity index (χ3v) is 2.31. The van der Waals surface area contributed by atoms with Crippen molar-refractivity contribution in [1.82, 2.24) is 4.98 Å². The molecule has 0 aliphatic carbocycles. The molecule has 0 bridgehead atoms. The molecule has 0 amide bonds. The van der Waals surface area contributed by atoms with Gasteiger partial charge in [-0.1, -0.05) is 6.92 Å². The number of hydrogen-bond acceptors (Lipinski definition) is 6. The quantitative estimate of drug-likeness (QED) is 0.575. The smallest absolute Gasteiger partial charge is 0.331 e. The van der Waals surface area contributed by atoms with Gasteiger partial charge in [0.1, 0.15) is 11.9 Å². The zero-order valence-corrected chi connectivity index (χ0v) is 11.4. The average molecular weight is 269 g/mol. The number of methoxy groups -OCH3 is 1. The first-order chi connectivity index (χ1) is 9.08. The van der Waals surface area contributed by atoms with Crippen molar-refractivity contribution in [2.75, 3.05) is 25.6 Å². The van der Waals surface area contributed by atoms with Crippen LogP contribution in [0.2, 0.25) is 0 Å². The fraction of sp³-hybridized carbons (Fsp3) is 0.583. The zero-order valence-electron chi connectivity index (χ0n) is 11.4. The van der Waals surface area contributed by atoms with E-state index in [9.17, 15) is 10.1 Å². The minimum Gasteiger partial charge on any atom is -0.467 e. The first kappa shape index (κ1) is 15.2. The number of pyridine rings is 1. The van der Waals surface area contributed by atoms with Crippen LogP contribution in [0.4, 0.5) is 11.5 Å². The molecule has 1 N–H and O–H groups in total. The van der Waals surface area contributed by atoms with Crippen LogP contribution in [0.15, 0.2) is 12.1 Å². The number of hydrogen-bond donors (Lipinski definition) is 1. The first-order valence-electron chi connectivity index (χ1n) is 6.13. The van der Waals surface area contributed by atoms with Crippen LogP contribution >= 0.6 is 0 Å². The number of nitrogens with zero attached hydrogens (tertiary/aromatic N) is 2. The van der Waals surface area contributed by atoms with Crippen molar-refractivity contribution >= 4 is 11.5 Å².